The Morgan fingerprint density at radius 3 is 2.69 bits per heavy atom. The molecule has 4 nitrogen and oxygen atoms in total. The summed E-state index contributed by atoms with van der Waals surface area (Å²) in [7, 11) is 0. The summed E-state index contributed by atoms with van der Waals surface area (Å²) in [5, 5.41) is 2.63. The number of nitrogens with zero attached hydrogens (tertiary/aromatic N) is 1. The summed E-state index contributed by atoms with van der Waals surface area (Å²) in [6.07, 6.45) is 6.87. The summed E-state index contributed by atoms with van der Waals surface area (Å²) in [5.41, 5.74) is 0. The Balaban J connectivity index is 1.86. The standard InChI is InChI=1S/C12H20N2O2/c15-11-6-7-14(12(16)8-13-11)9-10-4-2-1-3-5-10/h10H,1-9H2,(H,13,15). The van der Waals surface area contributed by atoms with Crippen LogP contribution in [-0.2, 0) is 9.59 Å². The minimum absolute atomic E-state index is 0.000468. The van der Waals surface area contributed by atoms with Crippen molar-refractivity contribution in [2.24, 2.45) is 5.92 Å². The normalized spacial score (nSPS) is 24.1. The average Bonchev–Trinajstić information content (AvgIpc) is 2.46. The second kappa shape index (κ2) is 5.32. The Kier molecular flexibility index (Phi) is 3.80. The molecule has 1 saturated carbocycles. The van der Waals surface area contributed by atoms with Gasteiger partial charge in [0.05, 0.1) is 6.54 Å². The van der Waals surface area contributed by atoms with E-state index in [-0.39, 0.29) is 18.4 Å². The lowest BCUT2D eigenvalue weighted by Crippen LogP contribution is -2.38. The first-order chi connectivity index (χ1) is 7.75. The molecule has 2 amide bonds. The van der Waals surface area contributed by atoms with Gasteiger partial charge < -0.3 is 10.2 Å². The Morgan fingerprint density at radius 2 is 1.94 bits per heavy atom. The van der Waals surface area contributed by atoms with E-state index in [0.717, 1.165) is 6.54 Å². The molecule has 0 aromatic carbocycles. The van der Waals surface area contributed by atoms with Crippen LogP contribution in [0.1, 0.15) is 38.5 Å². The maximum Gasteiger partial charge on any atom is 0.241 e. The molecule has 0 atom stereocenters. The lowest BCUT2D eigenvalue weighted by atomic mass is 9.89. The first-order valence-electron chi connectivity index (χ1n) is 6.30. The van der Waals surface area contributed by atoms with Crippen LogP contribution in [0, 0.1) is 5.92 Å². The van der Waals surface area contributed by atoms with Crippen LogP contribution < -0.4 is 5.32 Å². The van der Waals surface area contributed by atoms with Gasteiger partial charge in [0.15, 0.2) is 0 Å². The fourth-order valence-corrected chi connectivity index (χ4v) is 2.61. The van der Waals surface area contributed by atoms with Crippen LogP contribution in [0.5, 0.6) is 0 Å². The highest BCUT2D eigenvalue weighted by molar-refractivity contribution is 5.87. The number of hydrogen-bond acceptors (Lipinski definition) is 2. The molecule has 0 spiro atoms. The lowest BCUT2D eigenvalue weighted by Gasteiger charge is -2.28. The molecule has 1 N–H and O–H groups in total. The van der Waals surface area contributed by atoms with Crippen molar-refractivity contribution in [2.45, 2.75) is 38.5 Å². The zero-order valence-corrected chi connectivity index (χ0v) is 9.71. The summed E-state index contributed by atoms with van der Waals surface area (Å²) >= 11 is 0. The molecule has 0 aromatic rings. The molecule has 2 fully saturated rings. The van der Waals surface area contributed by atoms with Crippen LogP contribution in [0.25, 0.3) is 0 Å². The lowest BCUT2D eigenvalue weighted by molar-refractivity contribution is -0.130. The van der Waals surface area contributed by atoms with Gasteiger partial charge in [-0.15, -0.1) is 0 Å². The predicted octanol–water partition coefficient (Wildman–Crippen LogP) is 0.915. The van der Waals surface area contributed by atoms with Gasteiger partial charge in [-0.05, 0) is 18.8 Å². The number of carbonyl (C=O) groups excluding carboxylic acids is 2. The Morgan fingerprint density at radius 1 is 1.19 bits per heavy atom. The van der Waals surface area contributed by atoms with E-state index in [1.165, 1.54) is 32.1 Å². The van der Waals surface area contributed by atoms with Crippen LogP contribution in [0.4, 0.5) is 0 Å². The van der Waals surface area contributed by atoms with E-state index in [9.17, 15) is 9.59 Å². The van der Waals surface area contributed by atoms with Crippen molar-refractivity contribution in [2.75, 3.05) is 19.6 Å². The molecule has 1 heterocycles. The maximum absolute atomic E-state index is 11.7. The third-order valence-corrected chi connectivity index (χ3v) is 3.60. The minimum atomic E-state index is -0.000468. The highest BCUT2D eigenvalue weighted by Crippen LogP contribution is 2.24. The van der Waals surface area contributed by atoms with Crippen molar-refractivity contribution in [1.29, 1.82) is 0 Å². The molecule has 16 heavy (non-hydrogen) atoms. The number of hydrogen-bond donors (Lipinski definition) is 1. The average molecular weight is 224 g/mol. The second-order valence-corrected chi connectivity index (χ2v) is 4.87. The summed E-state index contributed by atoms with van der Waals surface area (Å²) < 4.78 is 0. The van der Waals surface area contributed by atoms with Crippen molar-refractivity contribution in [3.8, 4) is 0 Å². The summed E-state index contributed by atoms with van der Waals surface area (Å²) in [6, 6.07) is 0. The maximum atomic E-state index is 11.7. The number of carbonyl (C=O) groups is 2. The van der Waals surface area contributed by atoms with Gasteiger partial charge >= 0.3 is 0 Å². The zero-order chi connectivity index (χ0) is 11.4. The number of nitrogens with one attached hydrogen (secondary N) is 1. The van der Waals surface area contributed by atoms with Gasteiger partial charge in [0.2, 0.25) is 11.8 Å². The van der Waals surface area contributed by atoms with Crippen LogP contribution in [0.2, 0.25) is 0 Å². The van der Waals surface area contributed by atoms with Crippen LogP contribution in [0.15, 0.2) is 0 Å². The molecule has 2 aliphatic rings. The van der Waals surface area contributed by atoms with Gasteiger partial charge in [-0.2, -0.15) is 0 Å². The van der Waals surface area contributed by atoms with Crippen LogP contribution in [-0.4, -0.2) is 36.3 Å². The fraction of sp³-hybridized carbons (Fsp3) is 0.833. The fourth-order valence-electron chi connectivity index (χ4n) is 2.61. The summed E-state index contributed by atoms with van der Waals surface area (Å²) in [4.78, 5) is 24.8. The third-order valence-electron chi connectivity index (χ3n) is 3.60. The minimum Gasteiger partial charge on any atom is -0.347 e. The topological polar surface area (TPSA) is 49.4 Å². The predicted molar refractivity (Wildman–Crippen MR) is 60.8 cm³/mol. The highest BCUT2D eigenvalue weighted by Gasteiger charge is 2.23. The summed E-state index contributed by atoms with van der Waals surface area (Å²) in [6.45, 7) is 1.64. The van der Waals surface area contributed by atoms with Crippen molar-refractivity contribution >= 4 is 11.8 Å². The molecule has 0 radical (unpaired) electrons. The first kappa shape index (κ1) is 11.4. The van der Waals surface area contributed by atoms with Crippen LogP contribution >= 0.6 is 0 Å². The van der Waals surface area contributed by atoms with E-state index < -0.39 is 0 Å². The van der Waals surface area contributed by atoms with Crippen molar-refractivity contribution < 1.29 is 9.59 Å². The summed E-state index contributed by atoms with van der Waals surface area (Å²) in [5.74, 6) is 0.738. The Bertz CT molecular complexity index is 272. The third kappa shape index (κ3) is 2.97. The van der Waals surface area contributed by atoms with E-state index >= 15 is 0 Å². The monoisotopic (exact) mass is 224 g/mol. The molecule has 0 unspecified atom stereocenters. The van der Waals surface area contributed by atoms with E-state index in [1.54, 1.807) is 0 Å². The number of amides is 2. The quantitative estimate of drug-likeness (QED) is 0.758. The van der Waals surface area contributed by atoms with Crippen molar-refractivity contribution in [3.05, 3.63) is 0 Å². The first-order valence-corrected chi connectivity index (χ1v) is 6.30. The molecule has 1 saturated heterocycles. The smallest absolute Gasteiger partial charge is 0.241 e. The molecule has 4 heteroatoms. The van der Waals surface area contributed by atoms with Gasteiger partial charge in [0.25, 0.3) is 0 Å². The highest BCUT2D eigenvalue weighted by atomic mass is 16.2. The van der Waals surface area contributed by atoms with Gasteiger partial charge in [-0.25, -0.2) is 0 Å². The van der Waals surface area contributed by atoms with Crippen LogP contribution in [0.3, 0.4) is 0 Å². The van der Waals surface area contributed by atoms with E-state index in [4.69, 9.17) is 0 Å². The Labute approximate surface area is 96.4 Å². The molecular formula is C12H20N2O2. The molecular weight excluding hydrogens is 204 g/mol. The molecule has 1 aliphatic carbocycles. The molecule has 2 rings (SSSR count). The van der Waals surface area contributed by atoms with Gasteiger partial charge in [-0.1, -0.05) is 19.3 Å². The molecule has 1 aliphatic heterocycles. The van der Waals surface area contributed by atoms with E-state index in [1.807, 2.05) is 4.90 Å². The largest absolute Gasteiger partial charge is 0.347 e. The molecule has 90 valence electrons. The number of rotatable bonds is 2. The van der Waals surface area contributed by atoms with E-state index in [0.29, 0.717) is 18.9 Å². The molecule has 0 aromatic heterocycles. The van der Waals surface area contributed by atoms with E-state index in [2.05, 4.69) is 5.32 Å². The molecule has 0 bridgehead atoms. The zero-order valence-electron chi connectivity index (χ0n) is 9.71. The van der Waals surface area contributed by atoms with Gasteiger partial charge in [0, 0.05) is 19.5 Å². The van der Waals surface area contributed by atoms with Crippen molar-refractivity contribution in [1.82, 2.24) is 10.2 Å². The second-order valence-electron chi connectivity index (χ2n) is 4.87. The van der Waals surface area contributed by atoms with Crippen molar-refractivity contribution in [3.63, 3.8) is 0 Å². The SMILES string of the molecule is O=C1CCN(CC2CCCCC2)C(=O)CN1. The van der Waals surface area contributed by atoms with Gasteiger partial charge in [-0.3, -0.25) is 9.59 Å². The van der Waals surface area contributed by atoms with Gasteiger partial charge in [0.1, 0.15) is 0 Å². The Hall–Kier alpha value is -1.06.